The minimum Gasteiger partial charge on any atom is -0.493 e. The van der Waals surface area contributed by atoms with Crippen LogP contribution in [0.4, 0.5) is 0 Å². The van der Waals surface area contributed by atoms with Gasteiger partial charge in [-0.15, -0.1) is 0 Å². The number of ether oxygens (including phenoxy) is 1. The number of aliphatic carboxylic acids is 1. The van der Waals surface area contributed by atoms with Crippen LogP contribution >= 0.6 is 0 Å². The number of aryl methyl sites for hydroxylation is 2. The number of benzene rings is 1. The minimum atomic E-state index is -0.822. The summed E-state index contributed by atoms with van der Waals surface area (Å²) in [6.45, 7) is 5.12. The SMILES string of the molecule is Cc1ccc(C)c(OCCC(=O)N2CC[C@@H](C(=O)O)C2)c1. The van der Waals surface area contributed by atoms with Gasteiger partial charge < -0.3 is 14.7 Å². The van der Waals surface area contributed by atoms with Crippen LogP contribution in [0.15, 0.2) is 18.2 Å². The van der Waals surface area contributed by atoms with Gasteiger partial charge in [0.1, 0.15) is 5.75 Å². The van der Waals surface area contributed by atoms with Crippen molar-refractivity contribution in [2.75, 3.05) is 19.7 Å². The van der Waals surface area contributed by atoms with E-state index in [0.29, 0.717) is 26.1 Å². The zero-order valence-corrected chi connectivity index (χ0v) is 12.5. The number of rotatable bonds is 5. The first-order chi connectivity index (χ1) is 9.97. The van der Waals surface area contributed by atoms with Gasteiger partial charge >= 0.3 is 5.97 Å². The molecule has 21 heavy (non-hydrogen) atoms. The van der Waals surface area contributed by atoms with Gasteiger partial charge in [-0.2, -0.15) is 0 Å². The van der Waals surface area contributed by atoms with Gasteiger partial charge in [0.2, 0.25) is 5.91 Å². The van der Waals surface area contributed by atoms with Crippen molar-refractivity contribution in [1.82, 2.24) is 4.90 Å². The second-order valence-electron chi connectivity index (χ2n) is 5.53. The summed E-state index contributed by atoms with van der Waals surface area (Å²) in [6, 6.07) is 5.96. The summed E-state index contributed by atoms with van der Waals surface area (Å²) < 4.78 is 5.66. The largest absolute Gasteiger partial charge is 0.493 e. The molecule has 1 aromatic carbocycles. The predicted octanol–water partition coefficient (Wildman–Crippen LogP) is 2.01. The Morgan fingerprint density at radius 2 is 2.14 bits per heavy atom. The maximum Gasteiger partial charge on any atom is 0.308 e. The van der Waals surface area contributed by atoms with Crippen molar-refractivity contribution in [2.45, 2.75) is 26.7 Å². The Morgan fingerprint density at radius 3 is 2.81 bits per heavy atom. The molecule has 114 valence electrons. The molecule has 0 radical (unpaired) electrons. The number of likely N-dealkylation sites (tertiary alicyclic amines) is 1. The molecule has 1 amide bonds. The van der Waals surface area contributed by atoms with E-state index in [1.54, 1.807) is 4.90 Å². The number of amides is 1. The number of carboxylic acid groups (broad SMARTS) is 1. The molecule has 1 atom stereocenters. The van der Waals surface area contributed by atoms with Crippen molar-refractivity contribution in [2.24, 2.45) is 5.92 Å². The van der Waals surface area contributed by atoms with Gasteiger partial charge in [0, 0.05) is 13.1 Å². The molecule has 1 fully saturated rings. The summed E-state index contributed by atoms with van der Waals surface area (Å²) in [4.78, 5) is 24.5. The van der Waals surface area contributed by atoms with Crippen LogP contribution in [0.1, 0.15) is 24.0 Å². The van der Waals surface area contributed by atoms with E-state index in [2.05, 4.69) is 0 Å². The fraction of sp³-hybridized carbons (Fsp3) is 0.500. The lowest BCUT2D eigenvalue weighted by atomic mass is 10.1. The normalized spacial score (nSPS) is 17.8. The minimum absolute atomic E-state index is 0.0379. The highest BCUT2D eigenvalue weighted by Gasteiger charge is 2.30. The number of hydrogen-bond acceptors (Lipinski definition) is 3. The van der Waals surface area contributed by atoms with E-state index in [1.807, 2.05) is 32.0 Å². The number of carbonyl (C=O) groups is 2. The Bertz CT molecular complexity index is 541. The van der Waals surface area contributed by atoms with Gasteiger partial charge in [-0.3, -0.25) is 9.59 Å². The Balaban J connectivity index is 1.80. The summed E-state index contributed by atoms with van der Waals surface area (Å²) in [5.41, 5.74) is 2.16. The van der Waals surface area contributed by atoms with E-state index < -0.39 is 11.9 Å². The highest BCUT2D eigenvalue weighted by Crippen LogP contribution is 2.20. The first-order valence-corrected chi connectivity index (χ1v) is 7.18. The van der Waals surface area contributed by atoms with Crippen molar-refractivity contribution in [1.29, 1.82) is 0 Å². The molecule has 0 aromatic heterocycles. The Hall–Kier alpha value is -2.04. The molecule has 0 unspecified atom stereocenters. The Kier molecular flexibility index (Phi) is 4.83. The predicted molar refractivity (Wildman–Crippen MR) is 78.4 cm³/mol. The van der Waals surface area contributed by atoms with Crippen LogP contribution in [-0.2, 0) is 9.59 Å². The highest BCUT2D eigenvalue weighted by atomic mass is 16.5. The van der Waals surface area contributed by atoms with E-state index in [1.165, 1.54) is 0 Å². The van der Waals surface area contributed by atoms with Gasteiger partial charge in [-0.05, 0) is 37.5 Å². The van der Waals surface area contributed by atoms with Crippen molar-refractivity contribution in [3.8, 4) is 5.75 Å². The first-order valence-electron chi connectivity index (χ1n) is 7.18. The van der Waals surface area contributed by atoms with Crippen LogP contribution in [-0.4, -0.2) is 41.6 Å². The molecular formula is C16H21NO4. The van der Waals surface area contributed by atoms with E-state index in [0.717, 1.165) is 16.9 Å². The molecule has 0 saturated carbocycles. The summed E-state index contributed by atoms with van der Waals surface area (Å²) in [5.74, 6) is -0.484. The fourth-order valence-corrected chi connectivity index (χ4v) is 2.46. The molecule has 0 spiro atoms. The Morgan fingerprint density at radius 1 is 1.38 bits per heavy atom. The summed E-state index contributed by atoms with van der Waals surface area (Å²) >= 11 is 0. The zero-order valence-electron chi connectivity index (χ0n) is 12.5. The average Bonchev–Trinajstić information content (AvgIpc) is 2.92. The fourth-order valence-electron chi connectivity index (χ4n) is 2.46. The molecule has 1 aliphatic heterocycles. The van der Waals surface area contributed by atoms with E-state index in [4.69, 9.17) is 9.84 Å². The van der Waals surface area contributed by atoms with Crippen molar-refractivity contribution in [3.05, 3.63) is 29.3 Å². The summed E-state index contributed by atoms with van der Waals surface area (Å²) in [6.07, 6.45) is 0.818. The number of carboxylic acids is 1. The van der Waals surface area contributed by atoms with Crippen LogP contribution in [0.3, 0.4) is 0 Å². The van der Waals surface area contributed by atoms with E-state index in [9.17, 15) is 9.59 Å². The molecule has 0 aliphatic carbocycles. The third-order valence-electron chi connectivity index (χ3n) is 3.81. The highest BCUT2D eigenvalue weighted by molar-refractivity contribution is 5.78. The molecule has 2 rings (SSSR count). The maximum atomic E-state index is 12.0. The smallest absolute Gasteiger partial charge is 0.308 e. The van der Waals surface area contributed by atoms with Crippen LogP contribution in [0.5, 0.6) is 5.75 Å². The number of carbonyl (C=O) groups excluding carboxylic acids is 1. The van der Waals surface area contributed by atoms with E-state index in [-0.39, 0.29) is 12.3 Å². The lowest BCUT2D eigenvalue weighted by Gasteiger charge is -2.16. The topological polar surface area (TPSA) is 66.8 Å². The van der Waals surface area contributed by atoms with Crippen molar-refractivity contribution >= 4 is 11.9 Å². The standard InChI is InChI=1S/C16H21NO4/c1-11-3-4-12(2)14(9-11)21-8-6-15(18)17-7-5-13(10-17)16(19)20/h3-4,9,13H,5-8,10H2,1-2H3,(H,19,20)/t13-/m1/s1. The maximum absolute atomic E-state index is 12.0. The average molecular weight is 291 g/mol. The van der Waals surface area contributed by atoms with Crippen LogP contribution in [0.25, 0.3) is 0 Å². The van der Waals surface area contributed by atoms with Gasteiger partial charge in [0.15, 0.2) is 0 Å². The van der Waals surface area contributed by atoms with Crippen LogP contribution in [0, 0.1) is 19.8 Å². The quantitative estimate of drug-likeness (QED) is 0.901. The number of hydrogen-bond donors (Lipinski definition) is 1. The van der Waals surface area contributed by atoms with Crippen molar-refractivity contribution in [3.63, 3.8) is 0 Å². The Labute approximate surface area is 124 Å². The third kappa shape index (κ3) is 3.97. The van der Waals surface area contributed by atoms with Gasteiger partial charge in [-0.1, -0.05) is 12.1 Å². The van der Waals surface area contributed by atoms with E-state index >= 15 is 0 Å². The molecule has 5 nitrogen and oxygen atoms in total. The van der Waals surface area contributed by atoms with Crippen LogP contribution < -0.4 is 4.74 Å². The van der Waals surface area contributed by atoms with Crippen LogP contribution in [0.2, 0.25) is 0 Å². The van der Waals surface area contributed by atoms with Gasteiger partial charge in [0.05, 0.1) is 18.9 Å². The lowest BCUT2D eigenvalue weighted by Crippen LogP contribution is -2.30. The molecule has 1 heterocycles. The second kappa shape index (κ2) is 6.61. The summed E-state index contributed by atoms with van der Waals surface area (Å²) in [5, 5.41) is 8.93. The number of nitrogens with zero attached hydrogens (tertiary/aromatic N) is 1. The van der Waals surface area contributed by atoms with Gasteiger partial charge in [-0.25, -0.2) is 0 Å². The zero-order chi connectivity index (χ0) is 15.4. The molecule has 5 heteroatoms. The molecule has 1 N–H and O–H groups in total. The summed E-state index contributed by atoms with van der Waals surface area (Å²) in [7, 11) is 0. The first kappa shape index (κ1) is 15.4. The molecule has 0 bridgehead atoms. The lowest BCUT2D eigenvalue weighted by molar-refractivity contribution is -0.141. The molecule has 1 saturated heterocycles. The van der Waals surface area contributed by atoms with Gasteiger partial charge in [0.25, 0.3) is 0 Å². The third-order valence-corrected chi connectivity index (χ3v) is 3.81. The molecule has 1 aliphatic rings. The molecular weight excluding hydrogens is 270 g/mol. The second-order valence-corrected chi connectivity index (χ2v) is 5.53. The monoisotopic (exact) mass is 291 g/mol. The van der Waals surface area contributed by atoms with Crippen molar-refractivity contribution < 1.29 is 19.4 Å². The molecule has 1 aromatic rings.